The van der Waals surface area contributed by atoms with Gasteiger partial charge in [-0.25, -0.2) is 31.8 Å². The molecule has 1 aromatic heterocycles. The highest BCUT2D eigenvalue weighted by molar-refractivity contribution is 7.69. The molecule has 0 aromatic carbocycles. The third-order valence-electron chi connectivity index (χ3n) is 5.26. The smallest absolute Gasteiger partial charge is 0.387 e. The van der Waals surface area contributed by atoms with Crippen molar-refractivity contribution in [3.05, 3.63) is 32.6 Å². The van der Waals surface area contributed by atoms with Gasteiger partial charge in [-0.15, -0.1) is 0 Å². The number of halogens is 2. The number of nitrogens with one attached hydrogen (secondary N) is 1. The molecule has 0 amide bonds. The van der Waals surface area contributed by atoms with E-state index in [1.807, 2.05) is 0 Å². The van der Waals surface area contributed by atoms with Crippen LogP contribution in [0, 0.1) is 0 Å². The fourth-order valence-corrected chi connectivity index (χ4v) is 7.99. The highest BCUT2D eigenvalue weighted by Crippen LogP contribution is 2.70. The van der Waals surface area contributed by atoms with Crippen LogP contribution in [0.4, 0.5) is 8.78 Å². The van der Waals surface area contributed by atoms with Crippen LogP contribution in [0.1, 0.15) is 30.6 Å². The van der Waals surface area contributed by atoms with E-state index in [-0.39, 0.29) is 6.42 Å². The molecule has 3 rings (SSSR count). The maximum Gasteiger partial charge on any atom is 0.490 e. The van der Waals surface area contributed by atoms with Crippen molar-refractivity contribution in [1.82, 2.24) is 9.55 Å². The second-order valence-corrected chi connectivity index (χ2v) is 14.1. The molecule has 8 atom stereocenters. The van der Waals surface area contributed by atoms with Crippen molar-refractivity contribution in [2.24, 2.45) is 0 Å². The fourth-order valence-electron chi connectivity index (χ4n) is 3.53. The molecule has 0 radical (unpaired) electrons. The predicted octanol–water partition coefficient (Wildman–Crippen LogP) is -0.871. The topological polar surface area (TPSA) is 311 Å². The Labute approximate surface area is 213 Å². The van der Waals surface area contributed by atoms with E-state index in [4.69, 9.17) is 19.4 Å². The molecule has 224 valence electrons. The number of H-pyrrole nitrogens is 1. The van der Waals surface area contributed by atoms with Gasteiger partial charge >= 0.3 is 37.0 Å². The SMILES string of the molecule is O=c1[nH]c(=O)n(C2CCC2(F)F)cc1[C@@H]1O[C@H](COP(=O)(O)OP(=O)(O)OP(=O)(O)OP(=O)(O)O)[C@@H](O)[C@H]1O. The van der Waals surface area contributed by atoms with Crippen molar-refractivity contribution in [2.75, 3.05) is 6.61 Å². The van der Waals surface area contributed by atoms with Gasteiger partial charge in [-0.3, -0.25) is 18.9 Å². The predicted molar refractivity (Wildman–Crippen MR) is 115 cm³/mol. The van der Waals surface area contributed by atoms with E-state index in [0.717, 1.165) is 0 Å². The van der Waals surface area contributed by atoms with Crippen molar-refractivity contribution in [1.29, 1.82) is 0 Å². The maximum absolute atomic E-state index is 13.8. The summed E-state index contributed by atoms with van der Waals surface area (Å²) in [6.07, 6.45) is -7.56. The zero-order chi connectivity index (χ0) is 29.8. The lowest BCUT2D eigenvalue weighted by Crippen LogP contribution is -2.47. The minimum atomic E-state index is -6.12. The first-order chi connectivity index (χ1) is 17.5. The van der Waals surface area contributed by atoms with E-state index in [0.29, 0.717) is 10.8 Å². The van der Waals surface area contributed by atoms with Crippen molar-refractivity contribution in [2.45, 2.75) is 49.2 Å². The molecule has 39 heavy (non-hydrogen) atoms. The molecule has 2 aliphatic rings. The van der Waals surface area contributed by atoms with Crippen LogP contribution in [-0.2, 0) is 40.5 Å². The summed E-state index contributed by atoms with van der Waals surface area (Å²) in [5.41, 5.74) is -2.96. The van der Waals surface area contributed by atoms with E-state index < -0.39 is 97.5 Å². The van der Waals surface area contributed by atoms with Gasteiger partial charge in [0.2, 0.25) is 0 Å². The lowest BCUT2D eigenvalue weighted by Gasteiger charge is -2.37. The number of aromatic nitrogens is 2. The van der Waals surface area contributed by atoms with Crippen LogP contribution in [0.3, 0.4) is 0 Å². The summed E-state index contributed by atoms with van der Waals surface area (Å²) in [5.74, 6) is -3.27. The molecule has 8 N–H and O–H groups in total. The van der Waals surface area contributed by atoms with Gasteiger partial charge in [0.15, 0.2) is 0 Å². The first-order valence-corrected chi connectivity index (χ1v) is 16.1. The van der Waals surface area contributed by atoms with E-state index in [1.54, 1.807) is 4.98 Å². The Hall–Kier alpha value is -1.02. The molecule has 2 heterocycles. The van der Waals surface area contributed by atoms with E-state index in [1.165, 1.54) is 0 Å². The third kappa shape index (κ3) is 8.05. The Kier molecular flexibility index (Phi) is 9.16. The zero-order valence-electron chi connectivity index (χ0n) is 18.7. The molecular weight excluding hydrogens is 634 g/mol. The minimum absolute atomic E-state index is 0.118. The van der Waals surface area contributed by atoms with Crippen molar-refractivity contribution >= 4 is 31.3 Å². The molecule has 1 aliphatic heterocycles. The van der Waals surface area contributed by atoms with Crippen LogP contribution in [-0.4, -0.2) is 75.1 Å². The maximum atomic E-state index is 13.8. The number of rotatable bonds is 11. The standard InChI is InChI=1S/C13H20F2N2O18P4/c14-13(15)2-1-7(13)17-3-5(11(20)16-12(17)21)10-9(19)8(18)6(32-10)4-31-37(25,26)34-39(29,30)35-38(27,28)33-36(22,23)24/h3,6-10,18-19H,1-2,4H2,(H,25,26)(H,27,28)(H,29,30)(H,16,20,21)(H2,22,23,24)/t6-,7?,8-,9-,10+/m1/s1. The number of alkyl halides is 2. The lowest BCUT2D eigenvalue weighted by atomic mass is 9.87. The van der Waals surface area contributed by atoms with Crippen molar-refractivity contribution < 1.29 is 83.9 Å². The van der Waals surface area contributed by atoms with Gasteiger partial charge in [0, 0.05) is 12.6 Å². The molecule has 2 fully saturated rings. The lowest BCUT2D eigenvalue weighted by molar-refractivity contribution is -0.124. The molecule has 1 aromatic rings. The molecule has 1 aliphatic carbocycles. The van der Waals surface area contributed by atoms with E-state index in [2.05, 4.69) is 17.5 Å². The van der Waals surface area contributed by atoms with Crippen molar-refractivity contribution in [3.8, 4) is 0 Å². The summed E-state index contributed by atoms with van der Waals surface area (Å²) in [6.45, 7) is -1.25. The number of ether oxygens (including phenoxy) is 1. The molecule has 26 heteroatoms. The van der Waals surface area contributed by atoms with Crippen LogP contribution >= 0.6 is 31.3 Å². The summed E-state index contributed by atoms with van der Waals surface area (Å²) < 4.78 is 93.6. The first kappa shape index (κ1) is 32.5. The molecule has 20 nitrogen and oxygen atoms in total. The number of aliphatic hydroxyl groups excluding tert-OH is 2. The number of phosphoric ester groups is 1. The van der Waals surface area contributed by atoms with Crippen LogP contribution in [0.2, 0.25) is 0 Å². The summed E-state index contributed by atoms with van der Waals surface area (Å²) in [4.78, 5) is 71.0. The monoisotopic (exact) mass is 654 g/mol. The molecule has 1 saturated heterocycles. The second-order valence-electron chi connectivity index (χ2n) is 8.08. The minimum Gasteiger partial charge on any atom is -0.387 e. The third-order valence-corrected chi connectivity index (χ3v) is 10.7. The molecule has 4 unspecified atom stereocenters. The summed E-state index contributed by atoms with van der Waals surface area (Å²) in [6, 6.07) is -1.61. The Balaban J connectivity index is 1.70. The second kappa shape index (κ2) is 11.0. The summed E-state index contributed by atoms with van der Waals surface area (Å²) >= 11 is 0. The molecule has 0 spiro atoms. The molecule has 1 saturated carbocycles. The molecule has 0 bridgehead atoms. The van der Waals surface area contributed by atoms with Gasteiger partial charge in [-0.1, -0.05) is 0 Å². The number of hydrogen-bond donors (Lipinski definition) is 8. The van der Waals surface area contributed by atoms with Gasteiger partial charge in [0.05, 0.1) is 12.2 Å². The summed E-state index contributed by atoms with van der Waals surface area (Å²) in [7, 11) is -23.7. The van der Waals surface area contributed by atoms with Gasteiger partial charge in [0.1, 0.15) is 30.5 Å². The molecular formula is C13H20F2N2O18P4. The summed E-state index contributed by atoms with van der Waals surface area (Å²) in [5, 5.41) is 20.5. The number of aliphatic hydroxyl groups is 2. The average Bonchev–Trinajstić information content (AvgIpc) is 2.98. The van der Waals surface area contributed by atoms with Gasteiger partial charge in [-0.05, 0) is 6.42 Å². The Bertz CT molecular complexity index is 1410. The van der Waals surface area contributed by atoms with Gasteiger partial charge < -0.3 is 39.4 Å². The van der Waals surface area contributed by atoms with Crippen molar-refractivity contribution in [3.63, 3.8) is 0 Å². The number of aromatic amines is 1. The van der Waals surface area contributed by atoms with Crippen LogP contribution in [0.15, 0.2) is 15.8 Å². The number of hydrogen-bond acceptors (Lipinski definition) is 13. The van der Waals surface area contributed by atoms with E-state index in [9.17, 15) is 56.6 Å². The van der Waals surface area contributed by atoms with Crippen LogP contribution in [0.5, 0.6) is 0 Å². The number of phosphoric acid groups is 4. The van der Waals surface area contributed by atoms with Crippen LogP contribution < -0.4 is 11.2 Å². The fraction of sp³-hybridized carbons (Fsp3) is 0.692. The highest BCUT2D eigenvalue weighted by Gasteiger charge is 2.51. The zero-order valence-corrected chi connectivity index (χ0v) is 22.3. The van der Waals surface area contributed by atoms with Gasteiger partial charge in [-0.2, -0.15) is 12.9 Å². The van der Waals surface area contributed by atoms with Gasteiger partial charge in [0.25, 0.3) is 11.5 Å². The van der Waals surface area contributed by atoms with Crippen LogP contribution in [0.25, 0.3) is 0 Å². The number of nitrogens with zero attached hydrogens (tertiary/aromatic N) is 1. The first-order valence-electron chi connectivity index (χ1n) is 10.1. The average molecular weight is 654 g/mol. The highest BCUT2D eigenvalue weighted by atomic mass is 31.3. The largest absolute Gasteiger partial charge is 0.490 e. The quantitative estimate of drug-likeness (QED) is 0.134. The van der Waals surface area contributed by atoms with E-state index >= 15 is 0 Å². The Morgan fingerprint density at radius 2 is 1.54 bits per heavy atom. The Morgan fingerprint density at radius 3 is 2.05 bits per heavy atom. The Morgan fingerprint density at radius 1 is 0.974 bits per heavy atom. The normalized spacial score (nSPS) is 31.6.